The van der Waals surface area contributed by atoms with Crippen molar-refractivity contribution in [2.75, 3.05) is 27.4 Å². The van der Waals surface area contributed by atoms with Crippen molar-refractivity contribution in [3.05, 3.63) is 0 Å². The standard InChI is InChI=1S/C14H26O11/c1-21-13(22-2)10(20)12-11(5(16)4-23-12)25-14-9(19)8(18)7(17)6(3-15)24-14/h5-20H,3-4H2,1-2H3/t5-,6+,7-,8-,9+,10+,11+,12-,14-/m0/s1. The van der Waals surface area contributed by atoms with Crippen LogP contribution in [0.5, 0.6) is 0 Å². The Morgan fingerprint density at radius 2 is 1.68 bits per heavy atom. The average molecular weight is 370 g/mol. The molecule has 6 N–H and O–H groups in total. The molecule has 25 heavy (non-hydrogen) atoms. The molecule has 11 heteroatoms. The number of aliphatic hydroxyl groups is 6. The topological polar surface area (TPSA) is 168 Å². The Morgan fingerprint density at radius 3 is 2.24 bits per heavy atom. The molecular formula is C14H26O11. The Hall–Kier alpha value is -0.440. The molecule has 0 aromatic rings. The Morgan fingerprint density at radius 1 is 1.04 bits per heavy atom. The fraction of sp³-hybridized carbons (Fsp3) is 1.00. The highest BCUT2D eigenvalue weighted by Gasteiger charge is 2.50. The molecule has 0 bridgehead atoms. The Labute approximate surface area is 144 Å². The molecule has 9 atom stereocenters. The van der Waals surface area contributed by atoms with Gasteiger partial charge in [0.1, 0.15) is 48.8 Å². The maximum absolute atomic E-state index is 10.3. The van der Waals surface area contributed by atoms with Crippen molar-refractivity contribution in [3.8, 4) is 0 Å². The van der Waals surface area contributed by atoms with Gasteiger partial charge < -0.3 is 54.3 Å². The van der Waals surface area contributed by atoms with Crippen molar-refractivity contribution in [3.63, 3.8) is 0 Å². The summed E-state index contributed by atoms with van der Waals surface area (Å²) in [4.78, 5) is 0. The zero-order valence-corrected chi connectivity index (χ0v) is 13.9. The lowest BCUT2D eigenvalue weighted by molar-refractivity contribution is -0.321. The van der Waals surface area contributed by atoms with Crippen molar-refractivity contribution in [1.82, 2.24) is 0 Å². The van der Waals surface area contributed by atoms with Gasteiger partial charge >= 0.3 is 0 Å². The maximum Gasteiger partial charge on any atom is 0.187 e. The second-order valence-electron chi connectivity index (χ2n) is 5.99. The Kier molecular flexibility index (Phi) is 7.49. The van der Waals surface area contributed by atoms with Gasteiger partial charge in [0.15, 0.2) is 12.6 Å². The first-order valence-electron chi connectivity index (χ1n) is 7.85. The van der Waals surface area contributed by atoms with Gasteiger partial charge in [0, 0.05) is 14.2 Å². The van der Waals surface area contributed by atoms with E-state index < -0.39 is 68.0 Å². The highest BCUT2D eigenvalue weighted by molar-refractivity contribution is 4.94. The van der Waals surface area contributed by atoms with Gasteiger partial charge in [0.05, 0.1) is 13.2 Å². The van der Waals surface area contributed by atoms with Crippen LogP contribution in [0.4, 0.5) is 0 Å². The molecule has 2 aliphatic heterocycles. The molecule has 0 unspecified atom stereocenters. The van der Waals surface area contributed by atoms with Crippen molar-refractivity contribution < 1.29 is 54.3 Å². The molecule has 0 aliphatic carbocycles. The molecular weight excluding hydrogens is 344 g/mol. The first kappa shape index (κ1) is 20.9. The van der Waals surface area contributed by atoms with Crippen LogP contribution < -0.4 is 0 Å². The van der Waals surface area contributed by atoms with E-state index in [1.807, 2.05) is 0 Å². The first-order valence-corrected chi connectivity index (χ1v) is 7.85. The van der Waals surface area contributed by atoms with E-state index in [9.17, 15) is 30.6 Å². The van der Waals surface area contributed by atoms with E-state index in [0.29, 0.717) is 0 Å². The summed E-state index contributed by atoms with van der Waals surface area (Å²) in [6.45, 7) is -0.764. The fourth-order valence-corrected chi connectivity index (χ4v) is 2.94. The van der Waals surface area contributed by atoms with Gasteiger partial charge in [-0.1, -0.05) is 0 Å². The number of aliphatic hydroxyl groups excluding tert-OH is 6. The normalized spacial score (nSPS) is 43.6. The second-order valence-corrected chi connectivity index (χ2v) is 5.99. The summed E-state index contributed by atoms with van der Waals surface area (Å²) in [5.74, 6) is 0. The number of hydrogen-bond acceptors (Lipinski definition) is 11. The monoisotopic (exact) mass is 370 g/mol. The lowest BCUT2D eigenvalue weighted by Crippen LogP contribution is -2.61. The van der Waals surface area contributed by atoms with E-state index in [4.69, 9.17) is 23.7 Å². The third kappa shape index (κ3) is 4.28. The summed E-state index contributed by atoms with van der Waals surface area (Å²) in [6, 6.07) is 0. The summed E-state index contributed by atoms with van der Waals surface area (Å²) in [6.07, 6.45) is -13.1. The smallest absolute Gasteiger partial charge is 0.187 e. The molecule has 11 nitrogen and oxygen atoms in total. The summed E-state index contributed by atoms with van der Waals surface area (Å²) < 4.78 is 26.0. The quantitative estimate of drug-likeness (QED) is 0.241. The number of rotatable bonds is 7. The summed E-state index contributed by atoms with van der Waals surface area (Å²) >= 11 is 0. The van der Waals surface area contributed by atoms with Gasteiger partial charge in [-0.15, -0.1) is 0 Å². The van der Waals surface area contributed by atoms with Gasteiger partial charge in [-0.3, -0.25) is 0 Å². The highest BCUT2D eigenvalue weighted by atomic mass is 16.7. The van der Waals surface area contributed by atoms with Crippen molar-refractivity contribution in [1.29, 1.82) is 0 Å². The van der Waals surface area contributed by atoms with Gasteiger partial charge in [-0.25, -0.2) is 0 Å². The Balaban J connectivity index is 2.10. The maximum atomic E-state index is 10.3. The van der Waals surface area contributed by atoms with E-state index in [1.165, 1.54) is 14.2 Å². The van der Waals surface area contributed by atoms with Crippen LogP contribution in [0.25, 0.3) is 0 Å². The summed E-state index contributed by atoms with van der Waals surface area (Å²) in [7, 11) is 2.63. The molecule has 0 amide bonds. The predicted molar refractivity (Wildman–Crippen MR) is 78.2 cm³/mol. The summed E-state index contributed by atoms with van der Waals surface area (Å²) in [5, 5.41) is 59.1. The van der Waals surface area contributed by atoms with E-state index in [-0.39, 0.29) is 6.61 Å². The Bertz CT molecular complexity index is 404. The zero-order valence-electron chi connectivity index (χ0n) is 13.9. The summed E-state index contributed by atoms with van der Waals surface area (Å²) in [5.41, 5.74) is 0. The van der Waals surface area contributed by atoms with Crippen LogP contribution in [-0.2, 0) is 23.7 Å². The second kappa shape index (κ2) is 8.97. The molecule has 2 saturated heterocycles. The van der Waals surface area contributed by atoms with Crippen LogP contribution in [0, 0.1) is 0 Å². The largest absolute Gasteiger partial charge is 0.394 e. The van der Waals surface area contributed by atoms with Gasteiger partial charge in [0.25, 0.3) is 0 Å². The lowest BCUT2D eigenvalue weighted by Gasteiger charge is -2.41. The van der Waals surface area contributed by atoms with Gasteiger partial charge in [-0.2, -0.15) is 0 Å². The van der Waals surface area contributed by atoms with Crippen LogP contribution in [0.15, 0.2) is 0 Å². The lowest BCUT2D eigenvalue weighted by atomic mass is 9.99. The van der Waals surface area contributed by atoms with E-state index in [2.05, 4.69) is 0 Å². The van der Waals surface area contributed by atoms with E-state index in [1.54, 1.807) is 0 Å². The van der Waals surface area contributed by atoms with E-state index in [0.717, 1.165) is 0 Å². The minimum Gasteiger partial charge on any atom is -0.394 e. The van der Waals surface area contributed by atoms with Gasteiger partial charge in [0.2, 0.25) is 0 Å². The van der Waals surface area contributed by atoms with Crippen LogP contribution >= 0.6 is 0 Å². The highest BCUT2D eigenvalue weighted by Crippen LogP contribution is 2.29. The van der Waals surface area contributed by atoms with Gasteiger partial charge in [-0.05, 0) is 0 Å². The minimum atomic E-state index is -1.64. The fourth-order valence-electron chi connectivity index (χ4n) is 2.94. The van der Waals surface area contributed by atoms with Crippen molar-refractivity contribution in [2.24, 2.45) is 0 Å². The minimum absolute atomic E-state index is 0.149. The number of ether oxygens (including phenoxy) is 5. The molecule has 0 aromatic carbocycles. The zero-order chi connectivity index (χ0) is 18.7. The molecule has 0 radical (unpaired) electrons. The van der Waals surface area contributed by atoms with Crippen molar-refractivity contribution >= 4 is 0 Å². The number of methoxy groups -OCH3 is 2. The van der Waals surface area contributed by atoms with Crippen LogP contribution in [0.1, 0.15) is 0 Å². The third-order valence-corrected chi connectivity index (χ3v) is 4.38. The third-order valence-electron chi connectivity index (χ3n) is 4.38. The van der Waals surface area contributed by atoms with Crippen LogP contribution in [0.2, 0.25) is 0 Å². The first-order chi connectivity index (χ1) is 11.8. The molecule has 2 fully saturated rings. The molecule has 2 rings (SSSR count). The van der Waals surface area contributed by atoms with E-state index >= 15 is 0 Å². The molecule has 0 saturated carbocycles. The average Bonchev–Trinajstić information content (AvgIpc) is 2.97. The molecule has 0 spiro atoms. The van der Waals surface area contributed by atoms with Crippen LogP contribution in [0.3, 0.4) is 0 Å². The molecule has 0 aromatic heterocycles. The predicted octanol–water partition coefficient (Wildman–Crippen LogP) is -4.09. The molecule has 148 valence electrons. The van der Waals surface area contributed by atoms with Crippen molar-refractivity contribution in [2.45, 2.75) is 61.4 Å². The molecule has 2 heterocycles. The number of hydrogen-bond donors (Lipinski definition) is 6. The SMILES string of the molecule is COC(OC)[C@H](O)[C@@H]1OC[C@H](O)[C@H]1O[C@@H]1O[C@H](CO)[C@H](O)[C@H](O)[C@H]1O. The van der Waals surface area contributed by atoms with Crippen LogP contribution in [-0.4, -0.2) is 119 Å². The molecule has 2 aliphatic rings.